The molecule has 0 aliphatic carbocycles. The molecule has 2 rings (SSSR count). The molecular formula is C17H23F2NO4. The molecule has 1 heterocycles. The van der Waals surface area contributed by atoms with Crippen molar-refractivity contribution in [2.45, 2.75) is 39.5 Å². The molecule has 1 aromatic rings. The molecule has 1 aliphatic heterocycles. The summed E-state index contributed by atoms with van der Waals surface area (Å²) in [6, 6.07) is 4.59. The molecule has 1 saturated heterocycles. The van der Waals surface area contributed by atoms with Crippen molar-refractivity contribution in [3.8, 4) is 11.5 Å². The van der Waals surface area contributed by atoms with Gasteiger partial charge < -0.3 is 19.5 Å². The molecular weight excluding hydrogens is 320 g/mol. The van der Waals surface area contributed by atoms with Crippen molar-refractivity contribution in [2.75, 3.05) is 13.7 Å². The van der Waals surface area contributed by atoms with E-state index in [1.54, 1.807) is 12.1 Å². The predicted octanol–water partition coefficient (Wildman–Crippen LogP) is 2.97. The fraction of sp³-hybridized carbons (Fsp3) is 0.588. The van der Waals surface area contributed by atoms with E-state index in [4.69, 9.17) is 9.47 Å². The maximum absolute atomic E-state index is 12.6. The molecule has 0 radical (unpaired) electrons. The largest absolute Gasteiger partial charge is 0.497 e. The van der Waals surface area contributed by atoms with Crippen LogP contribution in [-0.4, -0.2) is 32.3 Å². The fourth-order valence-corrected chi connectivity index (χ4v) is 2.86. The third-order valence-electron chi connectivity index (χ3n) is 4.20. The Kier molecular flexibility index (Phi) is 6.36. The van der Waals surface area contributed by atoms with Crippen molar-refractivity contribution in [2.24, 2.45) is 11.8 Å². The Balaban J connectivity index is 2.04. The summed E-state index contributed by atoms with van der Waals surface area (Å²) in [4.78, 5) is 12.3. The Bertz CT molecular complexity index is 566. The van der Waals surface area contributed by atoms with Gasteiger partial charge in [-0.2, -0.15) is 8.78 Å². The van der Waals surface area contributed by atoms with Gasteiger partial charge in [-0.05, 0) is 30.4 Å². The number of alkyl halides is 2. The van der Waals surface area contributed by atoms with Crippen molar-refractivity contribution in [3.05, 3.63) is 23.8 Å². The van der Waals surface area contributed by atoms with Crippen molar-refractivity contribution < 1.29 is 27.8 Å². The minimum absolute atomic E-state index is 0.0163. The number of hydrogen-bond donors (Lipinski definition) is 1. The lowest BCUT2D eigenvalue weighted by Crippen LogP contribution is -2.39. The van der Waals surface area contributed by atoms with E-state index in [1.165, 1.54) is 13.2 Å². The average molecular weight is 343 g/mol. The lowest BCUT2D eigenvalue weighted by Gasteiger charge is -2.21. The summed E-state index contributed by atoms with van der Waals surface area (Å²) in [5, 5.41) is 2.75. The van der Waals surface area contributed by atoms with Crippen LogP contribution in [0.3, 0.4) is 0 Å². The minimum atomic E-state index is -2.95. The van der Waals surface area contributed by atoms with Crippen LogP contribution in [0.5, 0.6) is 11.5 Å². The third-order valence-corrected chi connectivity index (χ3v) is 4.20. The normalized spacial score (nSPS) is 20.5. The van der Waals surface area contributed by atoms with E-state index in [0.717, 1.165) is 6.42 Å². The molecule has 0 spiro atoms. The Morgan fingerprint density at radius 3 is 2.79 bits per heavy atom. The zero-order valence-corrected chi connectivity index (χ0v) is 14.1. The molecule has 0 bridgehead atoms. The highest BCUT2D eigenvalue weighted by Gasteiger charge is 2.35. The number of ether oxygens (including phenoxy) is 3. The summed E-state index contributed by atoms with van der Waals surface area (Å²) in [5.41, 5.74) is 0.448. The van der Waals surface area contributed by atoms with Gasteiger partial charge in [0.2, 0.25) is 5.91 Å². The van der Waals surface area contributed by atoms with E-state index < -0.39 is 12.7 Å². The summed E-state index contributed by atoms with van der Waals surface area (Å²) in [6.07, 6.45) is 0.348. The SMILES string of the molecule is COc1ccc(CNC(=O)[C@@H]2OCC[C@@H]2C(C)C)c(OC(F)F)c1. The van der Waals surface area contributed by atoms with Crippen LogP contribution in [0, 0.1) is 11.8 Å². The van der Waals surface area contributed by atoms with Gasteiger partial charge in [0.15, 0.2) is 0 Å². The summed E-state index contributed by atoms with van der Waals surface area (Å²) < 4.78 is 40.1. The maximum Gasteiger partial charge on any atom is 0.387 e. The molecule has 0 aromatic heterocycles. The first-order valence-electron chi connectivity index (χ1n) is 7.93. The fourth-order valence-electron chi connectivity index (χ4n) is 2.86. The van der Waals surface area contributed by atoms with Gasteiger partial charge in [0.1, 0.15) is 17.6 Å². The summed E-state index contributed by atoms with van der Waals surface area (Å²) in [7, 11) is 1.44. The molecule has 0 unspecified atom stereocenters. The number of carbonyl (C=O) groups is 1. The molecule has 24 heavy (non-hydrogen) atoms. The van der Waals surface area contributed by atoms with Gasteiger partial charge in [0.25, 0.3) is 0 Å². The lowest BCUT2D eigenvalue weighted by atomic mass is 9.89. The molecule has 1 N–H and O–H groups in total. The average Bonchev–Trinajstić information content (AvgIpc) is 3.02. The van der Waals surface area contributed by atoms with E-state index in [-0.39, 0.29) is 24.1 Å². The Labute approximate surface area is 140 Å². The lowest BCUT2D eigenvalue weighted by molar-refractivity contribution is -0.132. The zero-order valence-electron chi connectivity index (χ0n) is 14.1. The predicted molar refractivity (Wildman–Crippen MR) is 84.2 cm³/mol. The third kappa shape index (κ3) is 4.56. The molecule has 134 valence electrons. The first kappa shape index (κ1) is 18.4. The second-order valence-corrected chi connectivity index (χ2v) is 6.06. The van der Waals surface area contributed by atoms with Crippen LogP contribution in [0.25, 0.3) is 0 Å². The number of rotatable bonds is 7. The number of halogens is 2. The van der Waals surface area contributed by atoms with Gasteiger partial charge in [0.05, 0.1) is 7.11 Å². The quantitative estimate of drug-likeness (QED) is 0.827. The van der Waals surface area contributed by atoms with E-state index in [2.05, 4.69) is 23.9 Å². The monoisotopic (exact) mass is 343 g/mol. The van der Waals surface area contributed by atoms with Gasteiger partial charge in [-0.1, -0.05) is 13.8 Å². The van der Waals surface area contributed by atoms with Gasteiger partial charge in [-0.3, -0.25) is 4.79 Å². The molecule has 1 fully saturated rings. The zero-order chi connectivity index (χ0) is 17.7. The summed E-state index contributed by atoms with van der Waals surface area (Å²) in [5.74, 6) is 0.654. The van der Waals surface area contributed by atoms with Crippen LogP contribution in [0.15, 0.2) is 18.2 Å². The van der Waals surface area contributed by atoms with Crippen LogP contribution >= 0.6 is 0 Å². The smallest absolute Gasteiger partial charge is 0.387 e. The van der Waals surface area contributed by atoms with Crippen LogP contribution in [0.4, 0.5) is 8.78 Å². The van der Waals surface area contributed by atoms with Gasteiger partial charge in [-0.15, -0.1) is 0 Å². The molecule has 1 amide bonds. The van der Waals surface area contributed by atoms with Crippen molar-refractivity contribution in [1.82, 2.24) is 5.32 Å². The first-order valence-corrected chi connectivity index (χ1v) is 7.93. The standard InChI is InChI=1S/C17H23F2NO4/c1-10(2)13-6-7-23-15(13)16(21)20-9-11-4-5-12(22-3)8-14(11)24-17(18)19/h4-5,8,10,13,15,17H,6-7,9H2,1-3H3,(H,20,21)/t13-,15-/m1/s1. The Hall–Kier alpha value is -1.89. The number of carbonyl (C=O) groups excluding carboxylic acids is 1. The molecule has 1 aromatic carbocycles. The molecule has 7 heteroatoms. The van der Waals surface area contributed by atoms with Gasteiger partial charge in [-0.25, -0.2) is 0 Å². The number of benzene rings is 1. The summed E-state index contributed by atoms with van der Waals surface area (Å²) in [6.45, 7) is 1.80. The highest BCUT2D eigenvalue weighted by molar-refractivity contribution is 5.81. The highest BCUT2D eigenvalue weighted by Crippen LogP contribution is 2.29. The van der Waals surface area contributed by atoms with Crippen LogP contribution in [-0.2, 0) is 16.1 Å². The first-order chi connectivity index (χ1) is 11.4. The van der Waals surface area contributed by atoms with Crippen molar-refractivity contribution in [3.63, 3.8) is 0 Å². The van der Waals surface area contributed by atoms with E-state index in [1.807, 2.05) is 0 Å². The van der Waals surface area contributed by atoms with E-state index in [9.17, 15) is 13.6 Å². The van der Waals surface area contributed by atoms with E-state index in [0.29, 0.717) is 23.8 Å². The number of hydrogen-bond acceptors (Lipinski definition) is 4. The van der Waals surface area contributed by atoms with Crippen molar-refractivity contribution in [1.29, 1.82) is 0 Å². The van der Waals surface area contributed by atoms with Crippen molar-refractivity contribution >= 4 is 5.91 Å². The van der Waals surface area contributed by atoms with Crippen LogP contribution in [0.2, 0.25) is 0 Å². The number of amides is 1. The van der Waals surface area contributed by atoms with Gasteiger partial charge >= 0.3 is 6.61 Å². The number of methoxy groups -OCH3 is 1. The molecule has 2 atom stereocenters. The van der Waals surface area contributed by atoms with Crippen LogP contribution in [0.1, 0.15) is 25.8 Å². The second-order valence-electron chi connectivity index (χ2n) is 6.06. The Morgan fingerprint density at radius 1 is 1.42 bits per heavy atom. The second kappa shape index (κ2) is 8.28. The molecule has 0 saturated carbocycles. The topological polar surface area (TPSA) is 56.8 Å². The van der Waals surface area contributed by atoms with Gasteiger partial charge in [0, 0.05) is 24.8 Å². The Morgan fingerprint density at radius 2 is 2.17 bits per heavy atom. The maximum atomic E-state index is 12.6. The highest BCUT2D eigenvalue weighted by atomic mass is 19.3. The molecule has 1 aliphatic rings. The molecule has 5 nitrogen and oxygen atoms in total. The van der Waals surface area contributed by atoms with Crippen LogP contribution < -0.4 is 14.8 Å². The minimum Gasteiger partial charge on any atom is -0.497 e. The number of nitrogens with one attached hydrogen (secondary N) is 1. The van der Waals surface area contributed by atoms with E-state index >= 15 is 0 Å². The summed E-state index contributed by atoms with van der Waals surface area (Å²) >= 11 is 0.